The maximum absolute atomic E-state index is 11.9. The van der Waals surface area contributed by atoms with E-state index in [-0.39, 0.29) is 45.8 Å². The Hall–Kier alpha value is -2.66. The van der Waals surface area contributed by atoms with Crippen LogP contribution in [-0.4, -0.2) is 47.5 Å². The second-order valence-electron chi connectivity index (χ2n) is 7.08. The van der Waals surface area contributed by atoms with Gasteiger partial charge in [0, 0.05) is 31.8 Å². The summed E-state index contributed by atoms with van der Waals surface area (Å²) in [6.45, 7) is 0. The summed E-state index contributed by atoms with van der Waals surface area (Å²) >= 11 is 1.66. The summed E-state index contributed by atoms with van der Waals surface area (Å²) < 4.78 is 34.5. The van der Waals surface area contributed by atoms with Crippen LogP contribution in [0.5, 0.6) is 0 Å². The number of rotatable bonds is 4. The Morgan fingerprint density at radius 1 is 0.909 bits per heavy atom. The molecule has 0 aliphatic heterocycles. The van der Waals surface area contributed by atoms with E-state index in [0.717, 1.165) is 16.6 Å². The van der Waals surface area contributed by atoms with Crippen LogP contribution in [0.15, 0.2) is 93.4 Å². The van der Waals surface area contributed by atoms with E-state index in [0.29, 0.717) is 16.5 Å². The Morgan fingerprint density at radius 2 is 1.61 bits per heavy atom. The van der Waals surface area contributed by atoms with E-state index in [1.807, 2.05) is 18.2 Å². The van der Waals surface area contributed by atoms with E-state index in [1.54, 1.807) is 47.9 Å². The van der Waals surface area contributed by atoms with Crippen molar-refractivity contribution in [3.8, 4) is 11.3 Å². The molecule has 0 radical (unpaired) electrons. The molecule has 7 nitrogen and oxygen atoms in total. The van der Waals surface area contributed by atoms with Crippen molar-refractivity contribution in [3.63, 3.8) is 0 Å². The number of thiophene rings is 1. The van der Waals surface area contributed by atoms with Gasteiger partial charge >= 0.3 is 29.6 Å². The summed E-state index contributed by atoms with van der Waals surface area (Å²) in [5.41, 5.74) is 8.95. The van der Waals surface area contributed by atoms with Crippen LogP contribution in [-0.2, 0) is 10.1 Å². The summed E-state index contributed by atoms with van der Waals surface area (Å²) in [4.78, 5) is 4.23. The number of nitrogen functional groups attached to an aromatic ring is 1. The minimum absolute atomic E-state index is 0. The molecule has 2 aromatic heterocycles. The van der Waals surface area contributed by atoms with Crippen LogP contribution in [0.2, 0.25) is 0 Å². The van der Waals surface area contributed by atoms with E-state index in [1.165, 1.54) is 10.8 Å². The van der Waals surface area contributed by atoms with Crippen LogP contribution in [0.1, 0.15) is 0 Å². The second kappa shape index (κ2) is 9.30. The summed E-state index contributed by atoms with van der Waals surface area (Å²) in [6.07, 6.45) is 1.59. The number of nitrogens with zero attached hydrogens (tertiary/aromatic N) is 3. The van der Waals surface area contributed by atoms with Gasteiger partial charge in [-0.1, -0.05) is 42.5 Å². The molecule has 0 saturated heterocycles. The molecule has 5 rings (SSSR count). The molecule has 3 N–H and O–H groups in total. The number of hydrogen-bond donors (Lipinski definition) is 2. The molecule has 0 amide bonds. The summed E-state index contributed by atoms with van der Waals surface area (Å²) in [6, 6.07) is 19.6. The summed E-state index contributed by atoms with van der Waals surface area (Å²) in [5, 5.41) is 12.3. The second-order valence-corrected chi connectivity index (χ2v) is 9.38. The van der Waals surface area contributed by atoms with Gasteiger partial charge in [-0.15, -0.1) is 21.6 Å². The van der Waals surface area contributed by atoms with E-state index in [2.05, 4.69) is 32.7 Å². The first-order valence-electron chi connectivity index (χ1n) is 9.55. The average molecular weight is 485 g/mol. The van der Waals surface area contributed by atoms with Crippen LogP contribution < -0.4 is 5.73 Å². The van der Waals surface area contributed by atoms with Crippen LogP contribution >= 0.6 is 11.3 Å². The van der Waals surface area contributed by atoms with Gasteiger partial charge in [-0.25, -0.2) is 0 Å². The number of benzene rings is 3. The fourth-order valence-corrected chi connectivity index (χ4v) is 5.21. The summed E-state index contributed by atoms with van der Waals surface area (Å²) in [7, 11) is -4.47. The third-order valence-corrected chi connectivity index (χ3v) is 6.94. The van der Waals surface area contributed by atoms with Crippen LogP contribution in [0, 0.1) is 0 Å². The Balaban J connectivity index is 0.00000259. The number of aromatic nitrogens is 1. The van der Waals surface area contributed by atoms with Crippen LogP contribution in [0.25, 0.3) is 32.1 Å². The zero-order valence-electron chi connectivity index (χ0n) is 16.5. The molecule has 0 aliphatic carbocycles. The van der Waals surface area contributed by atoms with Crippen molar-refractivity contribution in [1.29, 1.82) is 0 Å². The first kappa shape index (κ1) is 23.5. The molecule has 0 saturated carbocycles. The topological polar surface area (TPSA) is 118 Å². The minimum atomic E-state index is -4.47. The fourth-order valence-electron chi connectivity index (χ4n) is 3.54. The Bertz CT molecular complexity index is 1610. The molecule has 33 heavy (non-hydrogen) atoms. The molecule has 5 aromatic rings. The van der Waals surface area contributed by atoms with E-state index in [9.17, 15) is 13.0 Å². The quantitative estimate of drug-likeness (QED) is 0.147. The van der Waals surface area contributed by atoms with Gasteiger partial charge in [0.1, 0.15) is 16.3 Å². The van der Waals surface area contributed by atoms with E-state index >= 15 is 0 Å². The maximum atomic E-state index is 11.9. The fraction of sp³-hybridized carbons (Fsp3) is 0. The Morgan fingerprint density at radius 3 is 2.30 bits per heavy atom. The van der Waals surface area contributed by atoms with Gasteiger partial charge in [0.15, 0.2) is 0 Å². The van der Waals surface area contributed by atoms with Crippen molar-refractivity contribution in [3.05, 3.63) is 78.3 Å². The molecule has 0 unspecified atom stereocenters. The van der Waals surface area contributed by atoms with Gasteiger partial charge in [0.05, 0.1) is 17.6 Å². The van der Waals surface area contributed by atoms with Gasteiger partial charge < -0.3 is 5.73 Å². The molecule has 0 fully saturated rings. The zero-order valence-corrected chi connectivity index (χ0v) is 18.1. The third-order valence-electron chi connectivity index (χ3n) is 5.08. The number of azo groups is 1. The number of nitrogens with two attached hydrogens (primary N) is 1. The van der Waals surface area contributed by atoms with Gasteiger partial charge in [-0.2, -0.15) is 8.42 Å². The van der Waals surface area contributed by atoms with Gasteiger partial charge in [-0.05, 0) is 24.3 Å². The molecule has 0 spiro atoms. The molecule has 2 heterocycles. The van der Waals surface area contributed by atoms with Gasteiger partial charge in [0.2, 0.25) is 0 Å². The number of fused-ring (bicyclic) bond motifs is 2. The molecule has 0 atom stereocenters. The summed E-state index contributed by atoms with van der Waals surface area (Å²) in [5.74, 6) is 0. The SMILES string of the molecule is Nc1c(/N=N/c2ccc(-c3csc4ccccc34)nc2)cc(S(=O)(=O)O)c2ccccc12.[NaH]. The molecular formula is C23H17N4NaO3S2. The van der Waals surface area contributed by atoms with Crippen molar-refractivity contribution >= 4 is 88.9 Å². The normalized spacial score (nSPS) is 11.8. The first-order valence-corrected chi connectivity index (χ1v) is 11.9. The van der Waals surface area contributed by atoms with Crippen molar-refractivity contribution < 1.29 is 13.0 Å². The van der Waals surface area contributed by atoms with Crippen LogP contribution in [0.4, 0.5) is 17.1 Å². The first-order chi connectivity index (χ1) is 15.4. The molecule has 10 heteroatoms. The molecule has 0 bridgehead atoms. The van der Waals surface area contributed by atoms with Crippen molar-refractivity contribution in [2.24, 2.45) is 10.2 Å². The number of anilines is 1. The van der Waals surface area contributed by atoms with Crippen molar-refractivity contribution in [1.82, 2.24) is 4.98 Å². The molecule has 3 aromatic carbocycles. The molecule has 160 valence electrons. The number of hydrogen-bond acceptors (Lipinski definition) is 7. The zero-order chi connectivity index (χ0) is 22.3. The third kappa shape index (κ3) is 4.56. The monoisotopic (exact) mass is 484 g/mol. The molecular weight excluding hydrogens is 467 g/mol. The van der Waals surface area contributed by atoms with E-state index in [4.69, 9.17) is 5.73 Å². The molecule has 0 aliphatic rings. The van der Waals surface area contributed by atoms with Crippen molar-refractivity contribution in [2.75, 3.05) is 5.73 Å². The van der Waals surface area contributed by atoms with E-state index < -0.39 is 10.1 Å². The standard InChI is InChI=1S/C23H16N4O3S2.Na.H/c24-23-17-7-2-1-6-16(17)22(32(28,29)30)11-20(23)27-26-14-9-10-19(25-12-14)18-13-31-21-8-4-3-5-15(18)21;;/h1-13H,24H2,(H,28,29,30);;/b27-26+;;. The predicted molar refractivity (Wildman–Crippen MR) is 135 cm³/mol. The van der Waals surface area contributed by atoms with Gasteiger partial charge in [-0.3, -0.25) is 9.54 Å². The predicted octanol–water partition coefficient (Wildman–Crippen LogP) is 5.71. The number of pyridine rings is 1. The van der Waals surface area contributed by atoms with Crippen LogP contribution in [0.3, 0.4) is 0 Å². The Kier molecular flexibility index (Phi) is 6.62. The van der Waals surface area contributed by atoms with Crippen molar-refractivity contribution in [2.45, 2.75) is 4.90 Å². The Labute approximate surface area is 216 Å². The van der Waals surface area contributed by atoms with Gasteiger partial charge in [0.25, 0.3) is 10.1 Å². The average Bonchev–Trinajstić information content (AvgIpc) is 3.22.